The van der Waals surface area contributed by atoms with Crippen molar-refractivity contribution in [2.24, 2.45) is 5.73 Å². The monoisotopic (exact) mass is 234 g/mol. The Hall–Kier alpha value is -1.88. The minimum absolute atomic E-state index is 0.335. The molecule has 2 atom stereocenters. The van der Waals surface area contributed by atoms with Crippen LogP contribution in [-0.2, 0) is 16.0 Å². The minimum atomic E-state index is -1.04. The summed E-state index contributed by atoms with van der Waals surface area (Å²) >= 11 is 0. The number of benzene rings is 1. The molecule has 1 aliphatic heterocycles. The average Bonchev–Trinajstić information content (AvgIpc) is 2.30. The van der Waals surface area contributed by atoms with Gasteiger partial charge in [-0.25, -0.2) is 4.79 Å². The molecule has 0 saturated heterocycles. The summed E-state index contributed by atoms with van der Waals surface area (Å²) in [5.74, 6) is -1.37. The number of rotatable bonds is 2. The summed E-state index contributed by atoms with van der Waals surface area (Å²) in [6.07, 6.45) is 0.456. The van der Waals surface area contributed by atoms with Gasteiger partial charge in [-0.05, 0) is 25.0 Å². The van der Waals surface area contributed by atoms with E-state index >= 15 is 0 Å². The van der Waals surface area contributed by atoms with Crippen LogP contribution in [0, 0.1) is 0 Å². The van der Waals surface area contributed by atoms with Gasteiger partial charge >= 0.3 is 5.97 Å². The van der Waals surface area contributed by atoms with Crippen LogP contribution in [0.3, 0.4) is 0 Å². The highest BCUT2D eigenvalue weighted by Gasteiger charge is 2.35. The van der Waals surface area contributed by atoms with Crippen LogP contribution in [-0.4, -0.2) is 29.1 Å². The fourth-order valence-electron chi connectivity index (χ4n) is 2.05. The predicted molar refractivity (Wildman–Crippen MR) is 62.7 cm³/mol. The van der Waals surface area contributed by atoms with Crippen molar-refractivity contribution in [1.29, 1.82) is 0 Å². The molecule has 1 aromatic rings. The van der Waals surface area contributed by atoms with Crippen LogP contribution in [0.4, 0.5) is 5.69 Å². The van der Waals surface area contributed by atoms with E-state index in [2.05, 4.69) is 0 Å². The third-order valence-electron chi connectivity index (χ3n) is 2.99. The first-order valence-electron chi connectivity index (χ1n) is 5.41. The molecule has 5 heteroatoms. The van der Waals surface area contributed by atoms with Gasteiger partial charge in [-0.1, -0.05) is 18.2 Å². The molecule has 1 heterocycles. The van der Waals surface area contributed by atoms with E-state index in [1.54, 1.807) is 12.1 Å². The molecular weight excluding hydrogens is 220 g/mol. The molecule has 0 fully saturated rings. The van der Waals surface area contributed by atoms with Crippen molar-refractivity contribution in [2.45, 2.75) is 25.4 Å². The van der Waals surface area contributed by atoms with E-state index in [0.29, 0.717) is 12.1 Å². The van der Waals surface area contributed by atoms with Crippen molar-refractivity contribution in [3.8, 4) is 0 Å². The number of anilines is 1. The fraction of sp³-hybridized carbons (Fsp3) is 0.333. The molecule has 0 radical (unpaired) electrons. The molecule has 0 spiro atoms. The molecule has 5 nitrogen and oxygen atoms in total. The zero-order valence-electron chi connectivity index (χ0n) is 9.46. The average molecular weight is 234 g/mol. The Morgan fingerprint density at radius 1 is 1.53 bits per heavy atom. The Morgan fingerprint density at radius 3 is 2.82 bits per heavy atom. The first-order valence-corrected chi connectivity index (χ1v) is 5.41. The highest BCUT2D eigenvalue weighted by molar-refractivity contribution is 6.04. The van der Waals surface area contributed by atoms with Crippen LogP contribution in [0.25, 0.3) is 0 Å². The van der Waals surface area contributed by atoms with Gasteiger partial charge in [0.2, 0.25) is 5.91 Å². The van der Waals surface area contributed by atoms with Gasteiger partial charge in [-0.15, -0.1) is 0 Å². The number of hydrogen-bond acceptors (Lipinski definition) is 3. The van der Waals surface area contributed by atoms with Crippen molar-refractivity contribution in [3.63, 3.8) is 0 Å². The molecule has 1 amide bonds. The van der Waals surface area contributed by atoms with E-state index in [-0.39, 0.29) is 5.91 Å². The minimum Gasteiger partial charge on any atom is -0.480 e. The summed E-state index contributed by atoms with van der Waals surface area (Å²) in [7, 11) is 0. The maximum atomic E-state index is 12.0. The van der Waals surface area contributed by atoms with Gasteiger partial charge in [-0.2, -0.15) is 0 Å². The SMILES string of the molecule is CC(C(=O)O)N1C(=O)C(N)Cc2ccccc21. The third-order valence-corrected chi connectivity index (χ3v) is 2.99. The van der Waals surface area contributed by atoms with E-state index < -0.39 is 18.1 Å². The number of para-hydroxylation sites is 1. The second-order valence-electron chi connectivity index (χ2n) is 4.16. The second kappa shape index (κ2) is 4.18. The Bertz CT molecular complexity index is 473. The van der Waals surface area contributed by atoms with Crippen LogP contribution in [0.2, 0.25) is 0 Å². The number of fused-ring (bicyclic) bond motifs is 1. The van der Waals surface area contributed by atoms with Crippen molar-refractivity contribution < 1.29 is 14.7 Å². The molecule has 0 saturated carbocycles. The zero-order chi connectivity index (χ0) is 12.6. The lowest BCUT2D eigenvalue weighted by molar-refractivity contribution is -0.139. The van der Waals surface area contributed by atoms with Gasteiger partial charge in [0.15, 0.2) is 0 Å². The lowest BCUT2D eigenvalue weighted by Crippen LogP contribution is -2.54. The van der Waals surface area contributed by atoms with Gasteiger partial charge in [0.1, 0.15) is 6.04 Å². The second-order valence-corrected chi connectivity index (χ2v) is 4.16. The normalized spacial score (nSPS) is 20.9. The number of carboxylic acid groups (broad SMARTS) is 1. The summed E-state index contributed by atoms with van der Waals surface area (Å²) < 4.78 is 0. The maximum Gasteiger partial charge on any atom is 0.326 e. The van der Waals surface area contributed by atoms with Crippen molar-refractivity contribution in [1.82, 2.24) is 0 Å². The Kier molecular flexibility index (Phi) is 2.85. The number of hydrogen-bond donors (Lipinski definition) is 2. The van der Waals surface area contributed by atoms with Crippen LogP contribution in [0.5, 0.6) is 0 Å². The Balaban J connectivity index is 2.49. The predicted octanol–water partition coefficient (Wildman–Crippen LogP) is 0.376. The summed E-state index contributed by atoms with van der Waals surface area (Å²) in [6.45, 7) is 1.48. The lowest BCUT2D eigenvalue weighted by Gasteiger charge is -2.35. The largest absolute Gasteiger partial charge is 0.480 e. The van der Waals surface area contributed by atoms with Crippen LogP contribution in [0.15, 0.2) is 24.3 Å². The van der Waals surface area contributed by atoms with Gasteiger partial charge in [0.05, 0.1) is 6.04 Å². The van der Waals surface area contributed by atoms with Crippen molar-refractivity contribution >= 4 is 17.6 Å². The zero-order valence-corrected chi connectivity index (χ0v) is 9.46. The van der Waals surface area contributed by atoms with Crippen LogP contribution >= 0.6 is 0 Å². The van der Waals surface area contributed by atoms with Crippen LogP contribution in [0.1, 0.15) is 12.5 Å². The van der Waals surface area contributed by atoms with E-state index in [1.165, 1.54) is 11.8 Å². The van der Waals surface area contributed by atoms with Crippen LogP contribution < -0.4 is 10.6 Å². The molecular formula is C12H14N2O3. The van der Waals surface area contributed by atoms with Gasteiger partial charge in [0, 0.05) is 5.69 Å². The molecule has 0 bridgehead atoms. The summed E-state index contributed by atoms with van der Waals surface area (Å²) in [5, 5.41) is 9.03. The molecule has 0 aromatic heterocycles. The number of nitrogens with two attached hydrogens (primary N) is 1. The molecule has 17 heavy (non-hydrogen) atoms. The first-order chi connectivity index (χ1) is 8.02. The number of aliphatic carboxylic acids is 1. The van der Waals surface area contributed by atoms with Gasteiger partial charge in [0.25, 0.3) is 0 Å². The van der Waals surface area contributed by atoms with E-state index in [9.17, 15) is 9.59 Å². The Labute approximate surface area is 98.8 Å². The van der Waals surface area contributed by atoms with E-state index in [4.69, 9.17) is 10.8 Å². The number of nitrogens with zero attached hydrogens (tertiary/aromatic N) is 1. The molecule has 1 aromatic carbocycles. The fourth-order valence-corrected chi connectivity index (χ4v) is 2.05. The number of carbonyl (C=O) groups excluding carboxylic acids is 1. The summed E-state index contributed by atoms with van der Waals surface area (Å²) in [5.41, 5.74) is 7.29. The first kappa shape index (κ1) is 11.6. The molecule has 2 rings (SSSR count). The number of amides is 1. The molecule has 3 N–H and O–H groups in total. The highest BCUT2D eigenvalue weighted by atomic mass is 16.4. The molecule has 2 unspecified atom stereocenters. The number of carboxylic acids is 1. The number of carbonyl (C=O) groups is 2. The van der Waals surface area contributed by atoms with Crippen molar-refractivity contribution in [2.75, 3.05) is 4.90 Å². The molecule has 1 aliphatic rings. The highest BCUT2D eigenvalue weighted by Crippen LogP contribution is 2.28. The summed E-state index contributed by atoms with van der Waals surface area (Å²) in [4.78, 5) is 24.3. The third kappa shape index (κ3) is 1.89. The molecule has 90 valence electrons. The van der Waals surface area contributed by atoms with Gasteiger partial charge < -0.3 is 10.8 Å². The molecule has 0 aliphatic carbocycles. The van der Waals surface area contributed by atoms with E-state index in [1.807, 2.05) is 12.1 Å². The quantitative estimate of drug-likeness (QED) is 0.774. The maximum absolute atomic E-state index is 12.0. The Morgan fingerprint density at radius 2 is 2.18 bits per heavy atom. The lowest BCUT2D eigenvalue weighted by atomic mass is 9.96. The van der Waals surface area contributed by atoms with Gasteiger partial charge in [-0.3, -0.25) is 9.69 Å². The topological polar surface area (TPSA) is 83.6 Å². The smallest absolute Gasteiger partial charge is 0.326 e. The summed E-state index contributed by atoms with van der Waals surface area (Å²) in [6, 6.07) is 5.68. The van der Waals surface area contributed by atoms with Crippen molar-refractivity contribution in [3.05, 3.63) is 29.8 Å². The standard InChI is InChI=1S/C12H14N2O3/c1-7(12(16)17)14-10-5-3-2-4-8(10)6-9(13)11(14)15/h2-5,7,9H,6,13H2,1H3,(H,16,17). The van der Waals surface area contributed by atoms with E-state index in [0.717, 1.165) is 5.56 Å².